The molecular formula is C16H24Cl2N2OS. The van der Waals surface area contributed by atoms with E-state index < -0.39 is 0 Å². The van der Waals surface area contributed by atoms with Gasteiger partial charge in [0.2, 0.25) is 5.91 Å². The van der Waals surface area contributed by atoms with Crippen molar-refractivity contribution in [2.24, 2.45) is 0 Å². The van der Waals surface area contributed by atoms with Gasteiger partial charge >= 0.3 is 0 Å². The van der Waals surface area contributed by atoms with Crippen LogP contribution in [0.15, 0.2) is 24.3 Å². The second kappa shape index (κ2) is 9.66. The molecule has 0 radical (unpaired) electrons. The van der Waals surface area contributed by atoms with Gasteiger partial charge in [0.05, 0.1) is 0 Å². The van der Waals surface area contributed by atoms with Crippen LogP contribution in [0.25, 0.3) is 0 Å². The average molecular weight is 363 g/mol. The minimum atomic E-state index is 0. The summed E-state index contributed by atoms with van der Waals surface area (Å²) in [6, 6.07) is 8.35. The second-order valence-corrected chi connectivity index (χ2v) is 7.20. The van der Waals surface area contributed by atoms with Gasteiger partial charge in [-0.3, -0.25) is 4.79 Å². The Labute approximate surface area is 148 Å². The molecule has 3 nitrogen and oxygen atoms in total. The molecule has 1 aliphatic rings. The van der Waals surface area contributed by atoms with Crippen molar-refractivity contribution in [3.63, 3.8) is 0 Å². The standard InChI is InChI=1S/C16H23ClN2OS.ClH/c1-12(9-13-3-5-14(17)6-4-13)19(2)16(20)10-15-11-21-8-7-18-15;/h3-6,12,15,18H,7-11H2,1-2H3;1H. The largest absolute Gasteiger partial charge is 0.343 e. The molecule has 0 spiro atoms. The highest BCUT2D eigenvalue weighted by Crippen LogP contribution is 2.15. The number of hydrogen-bond donors (Lipinski definition) is 1. The van der Waals surface area contributed by atoms with E-state index in [2.05, 4.69) is 12.2 Å². The zero-order chi connectivity index (χ0) is 15.2. The summed E-state index contributed by atoms with van der Waals surface area (Å²) in [6.45, 7) is 3.10. The van der Waals surface area contributed by atoms with E-state index >= 15 is 0 Å². The van der Waals surface area contributed by atoms with Crippen LogP contribution < -0.4 is 5.32 Å². The molecule has 2 unspecified atom stereocenters. The molecule has 0 bridgehead atoms. The van der Waals surface area contributed by atoms with Crippen molar-refractivity contribution in [2.45, 2.75) is 31.8 Å². The van der Waals surface area contributed by atoms with Gasteiger partial charge in [-0.2, -0.15) is 11.8 Å². The number of halogens is 2. The molecule has 1 N–H and O–H groups in total. The number of carbonyl (C=O) groups excluding carboxylic acids is 1. The summed E-state index contributed by atoms with van der Waals surface area (Å²) in [5, 5.41) is 4.16. The average Bonchev–Trinajstić information content (AvgIpc) is 2.49. The second-order valence-electron chi connectivity index (χ2n) is 5.61. The first-order valence-electron chi connectivity index (χ1n) is 7.37. The van der Waals surface area contributed by atoms with Crippen LogP contribution in [0.3, 0.4) is 0 Å². The van der Waals surface area contributed by atoms with Crippen LogP contribution in [-0.4, -0.2) is 48.0 Å². The van der Waals surface area contributed by atoms with Gasteiger partial charge in [0.1, 0.15) is 0 Å². The summed E-state index contributed by atoms with van der Waals surface area (Å²) in [4.78, 5) is 14.2. The summed E-state index contributed by atoms with van der Waals surface area (Å²) in [5.74, 6) is 2.40. The van der Waals surface area contributed by atoms with Crippen molar-refractivity contribution < 1.29 is 4.79 Å². The Bertz CT molecular complexity index is 464. The zero-order valence-corrected chi connectivity index (χ0v) is 15.4. The number of hydrogen-bond acceptors (Lipinski definition) is 3. The quantitative estimate of drug-likeness (QED) is 0.872. The lowest BCUT2D eigenvalue weighted by atomic mass is 10.1. The minimum Gasteiger partial charge on any atom is -0.343 e. The lowest BCUT2D eigenvalue weighted by Gasteiger charge is -2.29. The molecule has 1 saturated heterocycles. The van der Waals surface area contributed by atoms with Crippen molar-refractivity contribution in [3.8, 4) is 0 Å². The van der Waals surface area contributed by atoms with Crippen LogP contribution in [0.4, 0.5) is 0 Å². The van der Waals surface area contributed by atoms with Crippen LogP contribution >= 0.6 is 35.8 Å². The van der Waals surface area contributed by atoms with Gasteiger partial charge in [-0.25, -0.2) is 0 Å². The Kier molecular flexibility index (Phi) is 8.62. The van der Waals surface area contributed by atoms with E-state index in [1.807, 2.05) is 48.0 Å². The lowest BCUT2D eigenvalue weighted by molar-refractivity contribution is -0.132. The summed E-state index contributed by atoms with van der Waals surface area (Å²) in [7, 11) is 1.90. The third kappa shape index (κ3) is 5.99. The van der Waals surface area contributed by atoms with E-state index in [4.69, 9.17) is 11.6 Å². The summed E-state index contributed by atoms with van der Waals surface area (Å²) in [5.41, 5.74) is 1.21. The van der Waals surface area contributed by atoms with Crippen LogP contribution in [0.5, 0.6) is 0 Å². The molecule has 1 heterocycles. The monoisotopic (exact) mass is 362 g/mol. The number of rotatable bonds is 5. The lowest BCUT2D eigenvalue weighted by Crippen LogP contribution is -2.44. The number of benzene rings is 1. The first kappa shape index (κ1) is 19.6. The molecule has 1 aromatic rings. The third-order valence-electron chi connectivity index (χ3n) is 3.92. The first-order chi connectivity index (χ1) is 10.1. The number of nitrogens with one attached hydrogen (secondary N) is 1. The highest BCUT2D eigenvalue weighted by Gasteiger charge is 2.21. The number of likely N-dealkylation sites (N-methyl/N-ethyl adjacent to an activating group) is 1. The highest BCUT2D eigenvalue weighted by molar-refractivity contribution is 7.99. The van der Waals surface area contributed by atoms with Crippen LogP contribution in [-0.2, 0) is 11.2 Å². The molecule has 0 saturated carbocycles. The Morgan fingerprint density at radius 2 is 2.14 bits per heavy atom. The SMILES string of the molecule is CC(Cc1ccc(Cl)cc1)N(C)C(=O)CC1CSCCN1.Cl. The predicted octanol–water partition coefficient (Wildman–Crippen LogP) is 3.25. The van der Waals surface area contributed by atoms with E-state index in [0.29, 0.717) is 12.5 Å². The molecule has 6 heteroatoms. The molecule has 0 aromatic heterocycles. The first-order valence-corrected chi connectivity index (χ1v) is 8.90. The van der Waals surface area contributed by atoms with Crippen molar-refractivity contribution in [1.82, 2.24) is 10.2 Å². The van der Waals surface area contributed by atoms with Gasteiger partial charge in [0.25, 0.3) is 0 Å². The van der Waals surface area contributed by atoms with E-state index in [1.54, 1.807) is 0 Å². The minimum absolute atomic E-state index is 0. The van der Waals surface area contributed by atoms with Gasteiger partial charge in [-0.15, -0.1) is 12.4 Å². The van der Waals surface area contributed by atoms with Crippen molar-refractivity contribution in [3.05, 3.63) is 34.9 Å². The van der Waals surface area contributed by atoms with Crippen molar-refractivity contribution >= 4 is 41.7 Å². The maximum Gasteiger partial charge on any atom is 0.224 e. The predicted molar refractivity (Wildman–Crippen MR) is 98.4 cm³/mol. The summed E-state index contributed by atoms with van der Waals surface area (Å²) in [6.07, 6.45) is 1.45. The van der Waals surface area contributed by atoms with Crippen LogP contribution in [0, 0.1) is 0 Å². The van der Waals surface area contributed by atoms with E-state index in [1.165, 1.54) is 5.56 Å². The number of nitrogens with zero attached hydrogens (tertiary/aromatic N) is 1. The summed E-state index contributed by atoms with van der Waals surface area (Å²) < 4.78 is 0. The van der Waals surface area contributed by atoms with E-state index in [-0.39, 0.29) is 24.4 Å². The number of amides is 1. The summed E-state index contributed by atoms with van der Waals surface area (Å²) >= 11 is 7.82. The van der Waals surface area contributed by atoms with Gasteiger partial charge in [-0.05, 0) is 31.0 Å². The zero-order valence-electron chi connectivity index (χ0n) is 13.0. The third-order valence-corrected chi connectivity index (χ3v) is 5.30. The van der Waals surface area contributed by atoms with Crippen molar-refractivity contribution in [1.29, 1.82) is 0 Å². The van der Waals surface area contributed by atoms with Gasteiger partial charge in [0, 0.05) is 48.6 Å². The molecule has 1 amide bonds. The Hall–Kier alpha value is -0.420. The highest BCUT2D eigenvalue weighted by atomic mass is 35.5. The Morgan fingerprint density at radius 1 is 1.45 bits per heavy atom. The molecule has 2 rings (SSSR count). The van der Waals surface area contributed by atoms with E-state index in [0.717, 1.165) is 29.5 Å². The van der Waals surface area contributed by atoms with Gasteiger partial charge in [0.15, 0.2) is 0 Å². The topological polar surface area (TPSA) is 32.3 Å². The van der Waals surface area contributed by atoms with Gasteiger partial charge in [-0.1, -0.05) is 23.7 Å². The molecule has 2 atom stereocenters. The normalized spacial score (nSPS) is 19.1. The molecule has 1 aliphatic heterocycles. The molecule has 1 aromatic carbocycles. The van der Waals surface area contributed by atoms with E-state index in [9.17, 15) is 4.79 Å². The maximum atomic E-state index is 12.4. The number of carbonyl (C=O) groups is 1. The molecule has 124 valence electrons. The van der Waals surface area contributed by atoms with Crippen molar-refractivity contribution in [2.75, 3.05) is 25.1 Å². The van der Waals surface area contributed by atoms with Crippen LogP contribution in [0.2, 0.25) is 5.02 Å². The maximum absolute atomic E-state index is 12.4. The molecular weight excluding hydrogens is 339 g/mol. The fourth-order valence-corrected chi connectivity index (χ4v) is 3.53. The fraction of sp³-hybridized carbons (Fsp3) is 0.562. The fourth-order valence-electron chi connectivity index (χ4n) is 2.45. The Balaban J connectivity index is 0.00000242. The molecule has 0 aliphatic carbocycles. The smallest absolute Gasteiger partial charge is 0.224 e. The van der Waals surface area contributed by atoms with Crippen LogP contribution in [0.1, 0.15) is 18.9 Å². The number of thioether (sulfide) groups is 1. The molecule has 22 heavy (non-hydrogen) atoms. The Morgan fingerprint density at radius 3 is 2.73 bits per heavy atom. The molecule has 1 fully saturated rings. The van der Waals surface area contributed by atoms with Gasteiger partial charge < -0.3 is 10.2 Å².